The first-order valence-electron chi connectivity index (χ1n) is 6.53. The highest BCUT2D eigenvalue weighted by Gasteiger charge is 2.37. The molecule has 1 aromatic rings. The van der Waals surface area contributed by atoms with Gasteiger partial charge in [0.1, 0.15) is 6.04 Å². The molecule has 0 heterocycles. The van der Waals surface area contributed by atoms with E-state index in [0.29, 0.717) is 6.42 Å². The highest BCUT2D eigenvalue weighted by atomic mass is 16.4. The molecule has 0 radical (unpaired) electrons. The third-order valence-electron chi connectivity index (χ3n) is 3.91. The number of aryl methyl sites for hydroxylation is 1. The van der Waals surface area contributed by atoms with Gasteiger partial charge >= 0.3 is 5.97 Å². The maximum Gasteiger partial charge on any atom is 0.325 e. The van der Waals surface area contributed by atoms with Gasteiger partial charge in [-0.1, -0.05) is 31.2 Å². The monoisotopic (exact) mass is 261 g/mol. The second-order valence-electron chi connectivity index (χ2n) is 5.54. The van der Waals surface area contributed by atoms with Crippen LogP contribution in [0, 0.1) is 5.41 Å². The van der Waals surface area contributed by atoms with E-state index in [2.05, 4.69) is 11.4 Å². The Hall–Kier alpha value is -1.84. The largest absolute Gasteiger partial charge is 0.480 e. The summed E-state index contributed by atoms with van der Waals surface area (Å²) in [6, 6.07) is 7.27. The smallest absolute Gasteiger partial charge is 0.325 e. The Morgan fingerprint density at radius 2 is 1.95 bits per heavy atom. The van der Waals surface area contributed by atoms with Crippen molar-refractivity contribution in [3.05, 3.63) is 35.4 Å². The summed E-state index contributed by atoms with van der Waals surface area (Å²) in [6.07, 6.45) is 2.28. The van der Waals surface area contributed by atoms with E-state index in [1.807, 2.05) is 25.1 Å². The minimum atomic E-state index is -1.01. The fourth-order valence-corrected chi connectivity index (χ4v) is 2.52. The van der Waals surface area contributed by atoms with E-state index in [0.717, 1.165) is 12.8 Å². The molecule has 4 nitrogen and oxygen atoms in total. The number of amides is 1. The van der Waals surface area contributed by atoms with Crippen molar-refractivity contribution in [1.82, 2.24) is 5.32 Å². The Labute approximate surface area is 112 Å². The van der Waals surface area contributed by atoms with Gasteiger partial charge < -0.3 is 10.4 Å². The van der Waals surface area contributed by atoms with Crippen LogP contribution < -0.4 is 5.32 Å². The average molecular weight is 261 g/mol. The lowest BCUT2D eigenvalue weighted by atomic mass is 9.72. The average Bonchev–Trinajstić information content (AvgIpc) is 2.38. The topological polar surface area (TPSA) is 66.4 Å². The molecule has 2 rings (SSSR count). The first-order chi connectivity index (χ1) is 8.92. The van der Waals surface area contributed by atoms with E-state index >= 15 is 0 Å². The summed E-state index contributed by atoms with van der Waals surface area (Å²) in [6.45, 7) is 3.40. The summed E-state index contributed by atoms with van der Waals surface area (Å²) >= 11 is 0. The third kappa shape index (κ3) is 2.78. The van der Waals surface area contributed by atoms with E-state index < -0.39 is 17.4 Å². The minimum absolute atomic E-state index is 0.170. The first-order valence-corrected chi connectivity index (χ1v) is 6.53. The van der Waals surface area contributed by atoms with Crippen LogP contribution in [-0.4, -0.2) is 23.0 Å². The Balaban J connectivity index is 2.13. The summed E-state index contributed by atoms with van der Waals surface area (Å²) in [5.74, 6) is -1.18. The molecule has 0 bridgehead atoms. The molecule has 102 valence electrons. The number of fused-ring (bicyclic) bond motifs is 1. The number of nitrogens with one attached hydrogen (secondary N) is 1. The fraction of sp³-hybridized carbons (Fsp3) is 0.467. The lowest BCUT2D eigenvalue weighted by molar-refractivity contribution is -0.143. The molecule has 0 saturated carbocycles. The Morgan fingerprint density at radius 3 is 2.58 bits per heavy atom. The van der Waals surface area contributed by atoms with Crippen molar-refractivity contribution >= 4 is 11.9 Å². The SMILES string of the molecule is C[C@H](NC(=O)C1(C)CCc2ccccc2C1)C(=O)O. The molecular weight excluding hydrogens is 242 g/mol. The maximum absolute atomic E-state index is 12.3. The van der Waals surface area contributed by atoms with Crippen LogP contribution in [0.2, 0.25) is 0 Å². The predicted molar refractivity (Wildman–Crippen MR) is 71.8 cm³/mol. The van der Waals surface area contributed by atoms with Crippen LogP contribution in [-0.2, 0) is 22.4 Å². The summed E-state index contributed by atoms with van der Waals surface area (Å²) < 4.78 is 0. The Morgan fingerprint density at radius 1 is 1.32 bits per heavy atom. The second-order valence-corrected chi connectivity index (χ2v) is 5.54. The zero-order chi connectivity index (χ0) is 14.0. The molecule has 0 aromatic heterocycles. The number of carboxylic acid groups (broad SMARTS) is 1. The normalized spacial score (nSPS) is 23.3. The molecule has 0 spiro atoms. The van der Waals surface area contributed by atoms with Crippen molar-refractivity contribution in [1.29, 1.82) is 0 Å². The molecule has 4 heteroatoms. The summed E-state index contributed by atoms with van der Waals surface area (Å²) in [5, 5.41) is 11.4. The molecule has 1 aliphatic rings. The molecular formula is C15H19NO3. The number of hydrogen-bond acceptors (Lipinski definition) is 2. The number of hydrogen-bond donors (Lipinski definition) is 2. The molecule has 1 unspecified atom stereocenters. The van der Waals surface area contributed by atoms with Gasteiger partial charge in [-0.25, -0.2) is 0 Å². The van der Waals surface area contributed by atoms with Crippen LogP contribution >= 0.6 is 0 Å². The quantitative estimate of drug-likeness (QED) is 0.871. The fourth-order valence-electron chi connectivity index (χ4n) is 2.52. The van der Waals surface area contributed by atoms with Gasteiger partial charge in [-0.15, -0.1) is 0 Å². The van der Waals surface area contributed by atoms with Crippen molar-refractivity contribution in [3.63, 3.8) is 0 Å². The number of benzene rings is 1. The molecule has 0 fully saturated rings. The van der Waals surface area contributed by atoms with Crippen LogP contribution in [0.5, 0.6) is 0 Å². The van der Waals surface area contributed by atoms with Crippen molar-refractivity contribution in [2.45, 2.75) is 39.2 Å². The van der Waals surface area contributed by atoms with Crippen molar-refractivity contribution in [2.24, 2.45) is 5.41 Å². The molecule has 2 atom stereocenters. The van der Waals surface area contributed by atoms with Gasteiger partial charge in [-0.3, -0.25) is 9.59 Å². The Kier molecular flexibility index (Phi) is 3.60. The number of carbonyl (C=O) groups is 2. The standard InChI is InChI=1S/C15H19NO3/c1-10(13(17)18)16-14(19)15(2)8-7-11-5-3-4-6-12(11)9-15/h3-6,10H,7-9H2,1-2H3,(H,16,19)(H,17,18)/t10-,15?/m0/s1. The number of carboxylic acids is 1. The highest BCUT2D eigenvalue weighted by Crippen LogP contribution is 2.35. The van der Waals surface area contributed by atoms with Gasteiger partial charge in [0.05, 0.1) is 5.41 Å². The van der Waals surface area contributed by atoms with Crippen LogP contribution in [0.4, 0.5) is 0 Å². The van der Waals surface area contributed by atoms with Gasteiger partial charge in [0, 0.05) is 0 Å². The van der Waals surface area contributed by atoms with Gasteiger partial charge in [-0.05, 0) is 37.3 Å². The van der Waals surface area contributed by atoms with Gasteiger partial charge in [0.25, 0.3) is 0 Å². The van der Waals surface area contributed by atoms with Crippen LogP contribution in [0.1, 0.15) is 31.4 Å². The van der Waals surface area contributed by atoms with E-state index in [4.69, 9.17) is 5.11 Å². The van der Waals surface area contributed by atoms with Crippen LogP contribution in [0.3, 0.4) is 0 Å². The van der Waals surface area contributed by atoms with Crippen LogP contribution in [0.25, 0.3) is 0 Å². The lowest BCUT2D eigenvalue weighted by Gasteiger charge is -2.34. The summed E-state index contributed by atoms with van der Waals surface area (Å²) in [5.41, 5.74) is 1.96. The number of carbonyl (C=O) groups excluding carboxylic acids is 1. The van der Waals surface area contributed by atoms with E-state index in [9.17, 15) is 9.59 Å². The van der Waals surface area contributed by atoms with Crippen molar-refractivity contribution in [3.8, 4) is 0 Å². The van der Waals surface area contributed by atoms with Crippen molar-refractivity contribution < 1.29 is 14.7 Å². The number of rotatable bonds is 3. The zero-order valence-corrected chi connectivity index (χ0v) is 11.3. The highest BCUT2D eigenvalue weighted by molar-refractivity contribution is 5.87. The van der Waals surface area contributed by atoms with E-state index in [1.54, 1.807) is 0 Å². The molecule has 1 amide bonds. The molecule has 1 aliphatic carbocycles. The molecule has 1 aromatic carbocycles. The summed E-state index contributed by atoms with van der Waals surface area (Å²) in [7, 11) is 0. The molecule has 0 aliphatic heterocycles. The summed E-state index contributed by atoms with van der Waals surface area (Å²) in [4.78, 5) is 23.1. The van der Waals surface area contributed by atoms with E-state index in [1.165, 1.54) is 18.1 Å². The first kappa shape index (κ1) is 13.6. The molecule has 2 N–H and O–H groups in total. The van der Waals surface area contributed by atoms with Crippen LogP contribution in [0.15, 0.2) is 24.3 Å². The van der Waals surface area contributed by atoms with E-state index in [-0.39, 0.29) is 5.91 Å². The lowest BCUT2D eigenvalue weighted by Crippen LogP contribution is -2.48. The maximum atomic E-state index is 12.3. The second kappa shape index (κ2) is 5.03. The molecule has 0 saturated heterocycles. The Bertz CT molecular complexity index is 512. The van der Waals surface area contributed by atoms with Gasteiger partial charge in [0.2, 0.25) is 5.91 Å². The van der Waals surface area contributed by atoms with Gasteiger partial charge in [-0.2, -0.15) is 0 Å². The predicted octanol–water partition coefficient (Wildman–Crippen LogP) is 1.77. The third-order valence-corrected chi connectivity index (χ3v) is 3.91. The minimum Gasteiger partial charge on any atom is -0.480 e. The number of aliphatic carboxylic acids is 1. The van der Waals surface area contributed by atoms with Gasteiger partial charge in [0.15, 0.2) is 0 Å². The zero-order valence-electron chi connectivity index (χ0n) is 11.3. The van der Waals surface area contributed by atoms with Crippen molar-refractivity contribution in [2.75, 3.05) is 0 Å². The molecule has 19 heavy (non-hydrogen) atoms.